The van der Waals surface area contributed by atoms with Crippen LogP contribution in [0.25, 0.3) is 0 Å². The highest BCUT2D eigenvalue weighted by atomic mass is 19.1. The predicted molar refractivity (Wildman–Crippen MR) is 76.6 cm³/mol. The van der Waals surface area contributed by atoms with Crippen molar-refractivity contribution in [2.45, 2.75) is 19.8 Å². The van der Waals surface area contributed by atoms with Crippen LogP contribution in [0.15, 0.2) is 30.5 Å². The number of hydrogen-bond acceptors (Lipinski definition) is 3. The molecule has 112 valence electrons. The third-order valence-electron chi connectivity index (χ3n) is 3.06. The van der Waals surface area contributed by atoms with Crippen molar-refractivity contribution in [3.63, 3.8) is 0 Å². The Kier molecular flexibility index (Phi) is 5.31. The molecule has 2 N–H and O–H groups in total. The van der Waals surface area contributed by atoms with E-state index in [2.05, 4.69) is 15.5 Å². The summed E-state index contributed by atoms with van der Waals surface area (Å²) in [5, 5.41) is 9.60. The van der Waals surface area contributed by atoms with Gasteiger partial charge in [0.25, 0.3) is 5.91 Å². The Morgan fingerprint density at radius 2 is 2.14 bits per heavy atom. The van der Waals surface area contributed by atoms with E-state index in [1.54, 1.807) is 6.20 Å². The monoisotopic (exact) mass is 291 g/mol. The van der Waals surface area contributed by atoms with Crippen LogP contribution in [0.2, 0.25) is 0 Å². The van der Waals surface area contributed by atoms with Crippen LogP contribution >= 0.6 is 0 Å². The number of rotatable bonds is 7. The van der Waals surface area contributed by atoms with Gasteiger partial charge >= 0.3 is 0 Å². The maximum atomic E-state index is 12.7. The molecule has 0 aliphatic carbocycles. The van der Waals surface area contributed by atoms with Gasteiger partial charge < -0.3 is 10.1 Å². The van der Waals surface area contributed by atoms with Crippen molar-refractivity contribution in [1.82, 2.24) is 15.5 Å². The standard InChI is InChI=1S/C15H18FN3O2/c1-11-12(9-18-19-11)3-2-8-17-15(20)10-21-14-6-4-13(16)5-7-14/h4-7,9H,2-3,8,10H2,1H3,(H,17,20)(H,18,19). The van der Waals surface area contributed by atoms with E-state index in [0.29, 0.717) is 12.3 Å². The lowest BCUT2D eigenvalue weighted by molar-refractivity contribution is -0.123. The number of aromatic amines is 1. The normalized spacial score (nSPS) is 10.4. The van der Waals surface area contributed by atoms with Crippen LogP contribution in [0.1, 0.15) is 17.7 Å². The summed E-state index contributed by atoms with van der Waals surface area (Å²) in [5.41, 5.74) is 2.22. The van der Waals surface area contributed by atoms with Gasteiger partial charge in [-0.15, -0.1) is 0 Å². The van der Waals surface area contributed by atoms with Gasteiger partial charge in [0.05, 0.1) is 6.20 Å². The summed E-state index contributed by atoms with van der Waals surface area (Å²) in [6.07, 6.45) is 3.50. The van der Waals surface area contributed by atoms with Crippen LogP contribution in [0.3, 0.4) is 0 Å². The third kappa shape index (κ3) is 4.91. The number of aryl methyl sites for hydroxylation is 2. The Balaban J connectivity index is 1.61. The van der Waals surface area contributed by atoms with E-state index in [-0.39, 0.29) is 18.3 Å². The number of carbonyl (C=O) groups excluding carboxylic acids is 1. The van der Waals surface area contributed by atoms with Gasteiger partial charge in [0.1, 0.15) is 11.6 Å². The molecule has 0 aliphatic rings. The van der Waals surface area contributed by atoms with Gasteiger partial charge in [-0.3, -0.25) is 9.89 Å². The number of hydrogen-bond donors (Lipinski definition) is 2. The predicted octanol–water partition coefficient (Wildman–Crippen LogP) is 1.99. The summed E-state index contributed by atoms with van der Waals surface area (Å²) in [7, 11) is 0. The Morgan fingerprint density at radius 1 is 1.38 bits per heavy atom. The van der Waals surface area contributed by atoms with Crippen LogP contribution in [0, 0.1) is 12.7 Å². The Bertz CT molecular complexity index is 581. The number of H-pyrrole nitrogens is 1. The number of ether oxygens (including phenoxy) is 1. The molecule has 0 saturated heterocycles. The number of aromatic nitrogens is 2. The van der Waals surface area contributed by atoms with Crippen molar-refractivity contribution < 1.29 is 13.9 Å². The minimum Gasteiger partial charge on any atom is -0.484 e. The maximum Gasteiger partial charge on any atom is 0.257 e. The third-order valence-corrected chi connectivity index (χ3v) is 3.06. The van der Waals surface area contributed by atoms with Crippen molar-refractivity contribution >= 4 is 5.91 Å². The fourth-order valence-electron chi connectivity index (χ4n) is 1.87. The van der Waals surface area contributed by atoms with E-state index >= 15 is 0 Å². The summed E-state index contributed by atoms with van der Waals surface area (Å²) in [4.78, 5) is 11.6. The average Bonchev–Trinajstić information content (AvgIpc) is 2.88. The fraction of sp³-hybridized carbons (Fsp3) is 0.333. The largest absolute Gasteiger partial charge is 0.484 e. The van der Waals surface area contributed by atoms with Gasteiger partial charge in [-0.05, 0) is 49.6 Å². The molecule has 0 atom stereocenters. The van der Waals surface area contributed by atoms with Gasteiger partial charge in [-0.1, -0.05) is 0 Å². The lowest BCUT2D eigenvalue weighted by Gasteiger charge is -2.07. The number of nitrogens with one attached hydrogen (secondary N) is 2. The number of halogens is 1. The molecule has 6 heteroatoms. The number of benzene rings is 1. The molecule has 1 heterocycles. The Hall–Kier alpha value is -2.37. The first-order valence-electron chi connectivity index (χ1n) is 6.79. The lowest BCUT2D eigenvalue weighted by atomic mass is 10.1. The van der Waals surface area contributed by atoms with Crippen molar-refractivity contribution in [3.05, 3.63) is 47.5 Å². The molecule has 0 unspecified atom stereocenters. The highest BCUT2D eigenvalue weighted by Crippen LogP contribution is 2.10. The van der Waals surface area contributed by atoms with Crippen molar-refractivity contribution in [1.29, 1.82) is 0 Å². The fourth-order valence-corrected chi connectivity index (χ4v) is 1.87. The molecule has 0 saturated carbocycles. The Morgan fingerprint density at radius 3 is 2.81 bits per heavy atom. The molecule has 0 aliphatic heterocycles. The van der Waals surface area contributed by atoms with Crippen LogP contribution in [-0.2, 0) is 11.2 Å². The second-order valence-corrected chi connectivity index (χ2v) is 4.72. The van der Waals surface area contributed by atoms with Crippen LogP contribution in [0.5, 0.6) is 5.75 Å². The highest BCUT2D eigenvalue weighted by molar-refractivity contribution is 5.77. The smallest absolute Gasteiger partial charge is 0.257 e. The molecule has 2 aromatic rings. The minimum atomic E-state index is -0.332. The molecular weight excluding hydrogens is 273 g/mol. The summed E-state index contributed by atoms with van der Waals surface area (Å²) in [6, 6.07) is 5.57. The van der Waals surface area contributed by atoms with Gasteiger partial charge in [-0.25, -0.2) is 4.39 Å². The molecule has 0 spiro atoms. The first-order chi connectivity index (χ1) is 10.1. The van der Waals surface area contributed by atoms with Gasteiger partial charge in [0, 0.05) is 12.2 Å². The number of nitrogens with zero attached hydrogens (tertiary/aromatic N) is 1. The van der Waals surface area contributed by atoms with Gasteiger partial charge in [-0.2, -0.15) is 5.10 Å². The number of amides is 1. The zero-order chi connectivity index (χ0) is 15.1. The first kappa shape index (κ1) is 15.0. The van der Waals surface area contributed by atoms with E-state index in [1.807, 2.05) is 6.92 Å². The second-order valence-electron chi connectivity index (χ2n) is 4.72. The van der Waals surface area contributed by atoms with Crippen molar-refractivity contribution in [2.75, 3.05) is 13.2 Å². The molecule has 0 radical (unpaired) electrons. The zero-order valence-corrected chi connectivity index (χ0v) is 11.9. The molecule has 1 aromatic carbocycles. The quantitative estimate of drug-likeness (QED) is 0.767. The molecule has 1 amide bonds. The minimum absolute atomic E-state index is 0.0730. The average molecular weight is 291 g/mol. The van der Waals surface area contributed by atoms with Crippen molar-refractivity contribution in [3.8, 4) is 5.75 Å². The SMILES string of the molecule is Cc1[nH]ncc1CCCNC(=O)COc1ccc(F)cc1. The lowest BCUT2D eigenvalue weighted by Crippen LogP contribution is -2.29. The van der Waals surface area contributed by atoms with E-state index < -0.39 is 0 Å². The van der Waals surface area contributed by atoms with Crippen LogP contribution < -0.4 is 10.1 Å². The van der Waals surface area contributed by atoms with Crippen LogP contribution in [-0.4, -0.2) is 29.3 Å². The molecule has 0 bridgehead atoms. The van der Waals surface area contributed by atoms with Crippen LogP contribution in [0.4, 0.5) is 4.39 Å². The zero-order valence-electron chi connectivity index (χ0n) is 11.9. The topological polar surface area (TPSA) is 67.0 Å². The Labute approximate surface area is 122 Å². The molecular formula is C15H18FN3O2. The highest BCUT2D eigenvalue weighted by Gasteiger charge is 2.04. The second kappa shape index (κ2) is 7.42. The summed E-state index contributed by atoms with van der Waals surface area (Å²) >= 11 is 0. The summed E-state index contributed by atoms with van der Waals surface area (Å²) in [6.45, 7) is 2.48. The maximum absolute atomic E-state index is 12.7. The van der Waals surface area contributed by atoms with E-state index in [0.717, 1.165) is 24.1 Å². The molecule has 5 nitrogen and oxygen atoms in total. The van der Waals surface area contributed by atoms with Gasteiger partial charge in [0.2, 0.25) is 0 Å². The summed E-state index contributed by atoms with van der Waals surface area (Å²) in [5.74, 6) is -0.0508. The first-order valence-corrected chi connectivity index (χ1v) is 6.79. The number of carbonyl (C=O) groups is 1. The summed E-state index contributed by atoms with van der Waals surface area (Å²) < 4.78 is 17.9. The van der Waals surface area contributed by atoms with Crippen molar-refractivity contribution in [2.24, 2.45) is 0 Å². The molecule has 21 heavy (non-hydrogen) atoms. The van der Waals surface area contributed by atoms with E-state index in [1.165, 1.54) is 24.3 Å². The molecule has 0 fully saturated rings. The van der Waals surface area contributed by atoms with Gasteiger partial charge in [0.15, 0.2) is 6.61 Å². The van der Waals surface area contributed by atoms with E-state index in [4.69, 9.17) is 4.74 Å². The molecule has 1 aromatic heterocycles. The van der Waals surface area contributed by atoms with E-state index in [9.17, 15) is 9.18 Å². The molecule has 2 rings (SSSR count).